The number of hydrogen-bond acceptors (Lipinski definition) is 4. The van der Waals surface area contributed by atoms with Gasteiger partial charge in [0.1, 0.15) is 0 Å². The second kappa shape index (κ2) is 6.37. The Balaban J connectivity index is 2.06. The van der Waals surface area contributed by atoms with E-state index in [-0.39, 0.29) is 11.3 Å². The Morgan fingerprint density at radius 3 is 2.79 bits per heavy atom. The molecule has 0 saturated heterocycles. The van der Waals surface area contributed by atoms with Gasteiger partial charge in [0.05, 0.1) is 15.1 Å². The van der Waals surface area contributed by atoms with E-state index < -0.39 is 10.8 Å². The molecule has 0 saturated carbocycles. The Kier molecular flexibility index (Phi) is 4.26. The van der Waals surface area contributed by atoms with E-state index in [2.05, 4.69) is 24.0 Å². The van der Waals surface area contributed by atoms with Gasteiger partial charge in [0.25, 0.3) is 11.6 Å². The minimum Gasteiger partial charge on any atom is -0.319 e. The van der Waals surface area contributed by atoms with Gasteiger partial charge < -0.3 is 4.57 Å². The summed E-state index contributed by atoms with van der Waals surface area (Å²) in [6, 6.07) is 11.8. The number of non-ortho nitro benzene ring substituents is 1. The molecule has 1 amide bonds. The van der Waals surface area contributed by atoms with Gasteiger partial charge in [0.2, 0.25) is 0 Å². The lowest BCUT2D eigenvalue weighted by Gasteiger charge is -1.98. The molecule has 0 N–H and O–H groups in total. The van der Waals surface area contributed by atoms with E-state index in [0.717, 1.165) is 16.6 Å². The molecule has 0 bridgehead atoms. The molecule has 0 aliphatic rings. The number of aryl methyl sites for hydroxylation is 2. The molecule has 0 atom stereocenters. The minimum absolute atomic E-state index is 0.121. The van der Waals surface area contributed by atoms with E-state index in [9.17, 15) is 14.9 Å². The second-order valence-corrected chi connectivity index (χ2v) is 6.33. The Labute approximate surface area is 141 Å². The third kappa shape index (κ3) is 2.98. The fourth-order valence-corrected chi connectivity index (χ4v) is 3.49. The molecule has 0 unspecified atom stereocenters. The molecule has 3 rings (SSSR count). The molecular weight excluding hydrogens is 326 g/mol. The van der Waals surface area contributed by atoms with E-state index in [4.69, 9.17) is 0 Å². The van der Waals surface area contributed by atoms with Crippen LogP contribution in [-0.2, 0) is 13.5 Å². The predicted octanol–water partition coefficient (Wildman–Crippen LogP) is 3.45. The zero-order valence-corrected chi connectivity index (χ0v) is 14.0. The summed E-state index contributed by atoms with van der Waals surface area (Å²) in [4.78, 5) is 27.4. The third-order valence-corrected chi connectivity index (χ3v) is 4.88. The number of benzene rings is 2. The number of carbonyl (C=O) groups is 1. The Hall–Kier alpha value is -2.80. The molecule has 2 aromatic carbocycles. The number of amides is 1. The monoisotopic (exact) mass is 341 g/mol. The predicted molar refractivity (Wildman–Crippen MR) is 93.2 cm³/mol. The van der Waals surface area contributed by atoms with Crippen molar-refractivity contribution in [2.75, 3.05) is 0 Å². The van der Waals surface area contributed by atoms with Crippen LogP contribution in [0.1, 0.15) is 22.8 Å². The lowest BCUT2D eigenvalue weighted by Crippen LogP contribution is -2.13. The lowest BCUT2D eigenvalue weighted by molar-refractivity contribution is -0.384. The van der Waals surface area contributed by atoms with Gasteiger partial charge in [-0.05, 0) is 30.2 Å². The van der Waals surface area contributed by atoms with Gasteiger partial charge in [0.15, 0.2) is 4.80 Å². The summed E-state index contributed by atoms with van der Waals surface area (Å²) in [6.07, 6.45) is 0.941. The van der Waals surface area contributed by atoms with E-state index in [1.807, 2.05) is 17.7 Å². The molecule has 24 heavy (non-hydrogen) atoms. The summed E-state index contributed by atoms with van der Waals surface area (Å²) in [5.74, 6) is -0.489. The van der Waals surface area contributed by atoms with Gasteiger partial charge in [-0.2, -0.15) is 4.99 Å². The first kappa shape index (κ1) is 16.1. The standard InChI is InChI=1S/C17H15N3O3S/c1-3-11-7-8-14-15(9-11)24-17(19(14)2)18-16(21)12-5-4-6-13(10-12)20(22)23/h4-10H,3H2,1-2H3. The molecular formula is C17H15N3O3S. The van der Waals surface area contributed by atoms with Crippen LogP contribution in [0.3, 0.4) is 0 Å². The molecule has 0 fully saturated rings. The SMILES string of the molecule is CCc1ccc2c(c1)sc(=NC(=O)c1cccc([N+](=O)[O-])c1)n2C. The van der Waals surface area contributed by atoms with Gasteiger partial charge in [-0.1, -0.05) is 30.4 Å². The number of carbonyl (C=O) groups excluding carboxylic acids is 1. The largest absolute Gasteiger partial charge is 0.319 e. The van der Waals surface area contributed by atoms with Crippen molar-refractivity contribution in [3.05, 3.63) is 68.5 Å². The molecule has 7 heteroatoms. The van der Waals surface area contributed by atoms with Crippen molar-refractivity contribution < 1.29 is 9.72 Å². The number of nitro groups is 1. The molecule has 3 aromatic rings. The molecule has 0 radical (unpaired) electrons. The summed E-state index contributed by atoms with van der Waals surface area (Å²) < 4.78 is 2.91. The highest BCUT2D eigenvalue weighted by Gasteiger charge is 2.12. The molecule has 1 heterocycles. The highest BCUT2D eigenvalue weighted by molar-refractivity contribution is 7.16. The topological polar surface area (TPSA) is 77.5 Å². The Bertz CT molecular complexity index is 1020. The third-order valence-electron chi connectivity index (χ3n) is 3.78. The quantitative estimate of drug-likeness (QED) is 0.541. The van der Waals surface area contributed by atoms with Crippen molar-refractivity contribution in [3.8, 4) is 0 Å². The van der Waals surface area contributed by atoms with Crippen molar-refractivity contribution in [2.45, 2.75) is 13.3 Å². The van der Waals surface area contributed by atoms with Crippen LogP contribution in [0.4, 0.5) is 5.69 Å². The first-order chi connectivity index (χ1) is 11.5. The van der Waals surface area contributed by atoms with E-state index in [0.29, 0.717) is 4.80 Å². The lowest BCUT2D eigenvalue weighted by atomic mass is 10.2. The van der Waals surface area contributed by atoms with Crippen molar-refractivity contribution in [1.29, 1.82) is 0 Å². The molecule has 122 valence electrons. The van der Waals surface area contributed by atoms with Crippen molar-refractivity contribution >= 4 is 33.1 Å². The van der Waals surface area contributed by atoms with Crippen molar-refractivity contribution in [3.63, 3.8) is 0 Å². The fourth-order valence-electron chi connectivity index (χ4n) is 2.41. The molecule has 0 aliphatic heterocycles. The minimum atomic E-state index is -0.525. The average Bonchev–Trinajstić information content (AvgIpc) is 2.90. The van der Waals surface area contributed by atoms with Gasteiger partial charge in [-0.15, -0.1) is 0 Å². The van der Waals surface area contributed by atoms with Gasteiger partial charge in [-0.25, -0.2) is 0 Å². The highest BCUT2D eigenvalue weighted by atomic mass is 32.1. The summed E-state index contributed by atoms with van der Waals surface area (Å²) >= 11 is 1.43. The van der Waals surface area contributed by atoms with Crippen LogP contribution in [-0.4, -0.2) is 15.4 Å². The summed E-state index contributed by atoms with van der Waals surface area (Å²) in [7, 11) is 1.85. The molecule has 0 aliphatic carbocycles. The van der Waals surface area contributed by atoms with Crippen LogP contribution in [0.25, 0.3) is 10.2 Å². The molecule has 0 spiro atoms. The number of aromatic nitrogens is 1. The van der Waals surface area contributed by atoms with E-state index >= 15 is 0 Å². The summed E-state index contributed by atoms with van der Waals surface area (Å²) in [6.45, 7) is 2.09. The molecule has 1 aromatic heterocycles. The highest BCUT2D eigenvalue weighted by Crippen LogP contribution is 2.19. The van der Waals surface area contributed by atoms with E-state index in [1.54, 1.807) is 0 Å². The molecule has 6 nitrogen and oxygen atoms in total. The zero-order chi connectivity index (χ0) is 17.3. The number of fused-ring (bicyclic) bond motifs is 1. The van der Waals surface area contributed by atoms with Crippen LogP contribution >= 0.6 is 11.3 Å². The van der Waals surface area contributed by atoms with E-state index in [1.165, 1.54) is 41.2 Å². The maximum Gasteiger partial charge on any atom is 0.279 e. The zero-order valence-electron chi connectivity index (χ0n) is 13.2. The maximum absolute atomic E-state index is 12.3. The Morgan fingerprint density at radius 2 is 2.08 bits per heavy atom. The van der Waals surface area contributed by atoms with Gasteiger partial charge in [-0.3, -0.25) is 14.9 Å². The number of nitro benzene ring substituents is 1. The van der Waals surface area contributed by atoms with Crippen LogP contribution in [0.15, 0.2) is 47.5 Å². The first-order valence-electron chi connectivity index (χ1n) is 7.41. The number of hydrogen-bond donors (Lipinski definition) is 0. The summed E-state index contributed by atoms with van der Waals surface area (Å²) in [5, 5.41) is 10.8. The van der Waals surface area contributed by atoms with Crippen LogP contribution < -0.4 is 4.80 Å². The number of thiazole rings is 1. The fraction of sp³-hybridized carbons (Fsp3) is 0.176. The first-order valence-corrected chi connectivity index (χ1v) is 8.23. The number of rotatable bonds is 3. The normalized spacial score (nSPS) is 11.8. The summed E-state index contributed by atoms with van der Waals surface area (Å²) in [5.41, 5.74) is 2.31. The number of nitrogens with zero attached hydrogens (tertiary/aromatic N) is 3. The smallest absolute Gasteiger partial charge is 0.279 e. The van der Waals surface area contributed by atoms with Crippen molar-refractivity contribution in [2.24, 2.45) is 12.0 Å². The van der Waals surface area contributed by atoms with Gasteiger partial charge in [0, 0.05) is 24.7 Å². The van der Waals surface area contributed by atoms with Crippen molar-refractivity contribution in [1.82, 2.24) is 4.57 Å². The average molecular weight is 341 g/mol. The Morgan fingerprint density at radius 1 is 1.29 bits per heavy atom. The van der Waals surface area contributed by atoms with Gasteiger partial charge >= 0.3 is 0 Å². The maximum atomic E-state index is 12.3. The second-order valence-electron chi connectivity index (χ2n) is 5.32. The van der Waals surface area contributed by atoms with Crippen LogP contribution in [0, 0.1) is 10.1 Å². The van der Waals surface area contributed by atoms with Crippen LogP contribution in [0.5, 0.6) is 0 Å². The van der Waals surface area contributed by atoms with Crippen LogP contribution in [0.2, 0.25) is 0 Å².